The zero-order chi connectivity index (χ0) is 10.9. The highest BCUT2D eigenvalue weighted by Gasteiger charge is 2.53. The van der Waals surface area contributed by atoms with Crippen LogP contribution in [-0.2, 0) is 9.53 Å². The van der Waals surface area contributed by atoms with Crippen molar-refractivity contribution in [2.45, 2.75) is 50.2 Å². The van der Waals surface area contributed by atoms with E-state index < -0.39 is 5.60 Å². The minimum atomic E-state index is -0.457. The summed E-state index contributed by atoms with van der Waals surface area (Å²) >= 11 is 0. The van der Waals surface area contributed by atoms with Gasteiger partial charge in [0.2, 0.25) is 0 Å². The van der Waals surface area contributed by atoms with Gasteiger partial charge in [-0.25, -0.2) is 0 Å². The molecule has 0 radical (unpaired) electrons. The summed E-state index contributed by atoms with van der Waals surface area (Å²) in [4.78, 5) is 11.2. The number of rotatable bonds is 4. The van der Waals surface area contributed by atoms with Gasteiger partial charge < -0.3 is 15.2 Å². The second kappa shape index (κ2) is 3.76. The minimum Gasteiger partial charge on any atom is -0.465 e. The van der Waals surface area contributed by atoms with Gasteiger partial charge in [0.05, 0.1) is 18.8 Å². The van der Waals surface area contributed by atoms with Gasteiger partial charge in [-0.2, -0.15) is 0 Å². The molecule has 86 valence electrons. The monoisotopic (exact) mass is 213 g/mol. The molecule has 0 saturated heterocycles. The van der Waals surface area contributed by atoms with Crippen molar-refractivity contribution in [2.75, 3.05) is 13.2 Å². The molecule has 2 aliphatic rings. The number of carbonyl (C=O) groups excluding carboxylic acids is 1. The molecule has 2 bridgehead atoms. The molecule has 2 rings (SSSR count). The van der Waals surface area contributed by atoms with E-state index in [1.54, 1.807) is 6.92 Å². The van der Waals surface area contributed by atoms with Crippen LogP contribution in [0.3, 0.4) is 0 Å². The maximum absolute atomic E-state index is 11.2. The molecule has 0 aliphatic heterocycles. The Kier molecular flexibility index (Phi) is 2.73. The topological polar surface area (TPSA) is 58.6 Å². The first-order valence-electron chi connectivity index (χ1n) is 5.71. The van der Waals surface area contributed by atoms with E-state index in [4.69, 9.17) is 4.74 Å². The highest BCUT2D eigenvalue weighted by atomic mass is 16.5. The molecule has 2 fully saturated rings. The van der Waals surface area contributed by atoms with Crippen LogP contribution >= 0.6 is 0 Å². The summed E-state index contributed by atoms with van der Waals surface area (Å²) in [5.41, 5.74) is -0.455. The van der Waals surface area contributed by atoms with Crippen molar-refractivity contribution in [3.63, 3.8) is 0 Å². The molecule has 0 heterocycles. The van der Waals surface area contributed by atoms with Crippen molar-refractivity contribution >= 4 is 5.97 Å². The summed E-state index contributed by atoms with van der Waals surface area (Å²) in [6.07, 6.45) is 4.47. The van der Waals surface area contributed by atoms with E-state index in [1.165, 1.54) is 0 Å². The Labute approximate surface area is 90.0 Å². The maximum Gasteiger partial charge on any atom is 0.319 e. The Morgan fingerprint density at radius 3 is 2.53 bits per heavy atom. The fourth-order valence-electron chi connectivity index (χ4n) is 2.89. The molecule has 4 heteroatoms. The fraction of sp³-hybridized carbons (Fsp3) is 0.909. The number of aliphatic hydroxyl groups is 1. The molecule has 0 aromatic rings. The molecule has 15 heavy (non-hydrogen) atoms. The molecule has 2 N–H and O–H groups in total. The van der Waals surface area contributed by atoms with Crippen molar-refractivity contribution in [1.29, 1.82) is 0 Å². The maximum atomic E-state index is 11.2. The Hall–Kier alpha value is -0.610. The van der Waals surface area contributed by atoms with E-state index in [0.717, 1.165) is 32.1 Å². The van der Waals surface area contributed by atoms with Gasteiger partial charge in [-0.05, 0) is 39.0 Å². The summed E-state index contributed by atoms with van der Waals surface area (Å²) in [6, 6.07) is 0. The smallest absolute Gasteiger partial charge is 0.319 e. The van der Waals surface area contributed by atoms with Crippen molar-refractivity contribution in [3.8, 4) is 0 Å². The van der Waals surface area contributed by atoms with Crippen LogP contribution in [0.4, 0.5) is 0 Å². The second-order valence-electron chi connectivity index (χ2n) is 4.84. The third-order valence-electron chi connectivity index (χ3n) is 3.72. The molecular formula is C11H19NO3. The first kappa shape index (κ1) is 10.9. The molecule has 2 aliphatic carbocycles. The lowest BCUT2D eigenvalue weighted by Crippen LogP contribution is -2.44. The van der Waals surface area contributed by atoms with Crippen LogP contribution in [0.5, 0.6) is 0 Å². The van der Waals surface area contributed by atoms with Crippen LogP contribution in [-0.4, -0.2) is 35.4 Å². The molecular weight excluding hydrogens is 194 g/mol. The summed E-state index contributed by atoms with van der Waals surface area (Å²) in [6.45, 7) is 2.50. The van der Waals surface area contributed by atoms with Gasteiger partial charge >= 0.3 is 5.97 Å². The Bertz CT molecular complexity index is 257. The van der Waals surface area contributed by atoms with Crippen LogP contribution in [0.25, 0.3) is 0 Å². The highest BCUT2D eigenvalue weighted by Crippen LogP contribution is 2.50. The number of nitrogens with one attached hydrogen (secondary N) is 1. The van der Waals surface area contributed by atoms with Gasteiger partial charge in [0.15, 0.2) is 0 Å². The zero-order valence-corrected chi connectivity index (χ0v) is 9.21. The molecule has 2 saturated carbocycles. The molecule has 0 unspecified atom stereocenters. The molecule has 0 amide bonds. The predicted molar refractivity (Wildman–Crippen MR) is 55.4 cm³/mol. The first-order valence-corrected chi connectivity index (χ1v) is 5.71. The molecule has 0 aromatic heterocycles. The van der Waals surface area contributed by atoms with E-state index >= 15 is 0 Å². The van der Waals surface area contributed by atoms with Crippen molar-refractivity contribution in [2.24, 2.45) is 0 Å². The number of hydrogen-bond donors (Lipinski definition) is 2. The third-order valence-corrected chi connectivity index (χ3v) is 3.72. The number of ether oxygens (including phenoxy) is 1. The van der Waals surface area contributed by atoms with E-state index in [-0.39, 0.29) is 18.1 Å². The first-order chi connectivity index (χ1) is 7.08. The summed E-state index contributed by atoms with van der Waals surface area (Å²) < 4.78 is 4.87. The van der Waals surface area contributed by atoms with Crippen molar-refractivity contribution in [1.82, 2.24) is 5.32 Å². The van der Waals surface area contributed by atoms with Crippen LogP contribution in [0.15, 0.2) is 0 Å². The summed E-state index contributed by atoms with van der Waals surface area (Å²) in [7, 11) is 0. The van der Waals surface area contributed by atoms with E-state index in [1.807, 2.05) is 0 Å². The Morgan fingerprint density at radius 1 is 1.40 bits per heavy atom. The van der Waals surface area contributed by atoms with E-state index in [9.17, 15) is 9.90 Å². The SMILES string of the molecule is CCOC(=O)CNC12CCC(O)(CC1)C2. The lowest BCUT2D eigenvalue weighted by Gasteiger charge is -2.27. The van der Waals surface area contributed by atoms with Gasteiger partial charge in [-0.15, -0.1) is 0 Å². The van der Waals surface area contributed by atoms with E-state index in [0.29, 0.717) is 6.61 Å². The fourth-order valence-corrected chi connectivity index (χ4v) is 2.89. The number of fused-ring (bicyclic) bond motifs is 2. The van der Waals surface area contributed by atoms with Crippen LogP contribution in [0, 0.1) is 0 Å². The lowest BCUT2D eigenvalue weighted by atomic mass is 9.93. The van der Waals surface area contributed by atoms with Crippen LogP contribution in [0.2, 0.25) is 0 Å². The number of carbonyl (C=O) groups is 1. The van der Waals surface area contributed by atoms with Gasteiger partial charge in [0.1, 0.15) is 0 Å². The van der Waals surface area contributed by atoms with Gasteiger partial charge in [0, 0.05) is 5.54 Å². The molecule has 0 atom stereocenters. The second-order valence-corrected chi connectivity index (χ2v) is 4.84. The molecule has 4 nitrogen and oxygen atoms in total. The average molecular weight is 213 g/mol. The quantitative estimate of drug-likeness (QED) is 0.671. The van der Waals surface area contributed by atoms with Crippen molar-refractivity contribution < 1.29 is 14.6 Å². The highest BCUT2D eigenvalue weighted by molar-refractivity contribution is 5.71. The lowest BCUT2D eigenvalue weighted by molar-refractivity contribution is -0.142. The van der Waals surface area contributed by atoms with E-state index in [2.05, 4.69) is 5.32 Å². The van der Waals surface area contributed by atoms with Gasteiger partial charge in [-0.1, -0.05) is 0 Å². The van der Waals surface area contributed by atoms with Crippen LogP contribution < -0.4 is 5.32 Å². The van der Waals surface area contributed by atoms with Crippen molar-refractivity contribution in [3.05, 3.63) is 0 Å². The Morgan fingerprint density at radius 2 is 2.07 bits per heavy atom. The third kappa shape index (κ3) is 2.16. The van der Waals surface area contributed by atoms with Gasteiger partial charge in [0.25, 0.3) is 0 Å². The summed E-state index contributed by atoms with van der Waals surface area (Å²) in [5, 5.41) is 13.3. The average Bonchev–Trinajstić information content (AvgIpc) is 2.70. The predicted octanol–water partition coefficient (Wildman–Crippen LogP) is 0.587. The molecule has 0 aromatic carbocycles. The normalized spacial score (nSPS) is 38.3. The van der Waals surface area contributed by atoms with Crippen LogP contribution in [0.1, 0.15) is 39.0 Å². The Balaban J connectivity index is 1.83. The standard InChI is InChI=1S/C11H19NO3/c1-2-15-9(13)7-12-10-3-5-11(14,8-10)6-4-10/h12,14H,2-8H2,1H3. The molecule has 0 spiro atoms. The largest absolute Gasteiger partial charge is 0.465 e. The summed E-state index contributed by atoms with van der Waals surface area (Å²) in [5.74, 6) is -0.200. The number of esters is 1. The minimum absolute atomic E-state index is 0.00150. The van der Waals surface area contributed by atoms with Gasteiger partial charge in [-0.3, -0.25) is 4.79 Å². The zero-order valence-electron chi connectivity index (χ0n) is 9.21. The number of hydrogen-bond acceptors (Lipinski definition) is 4.